The SMILES string of the molecule is CC(C)c1ccccc1-c1cccc2[nH]c(C(=O)NCC(N)C(=O)O)cc12. The molecule has 0 spiro atoms. The number of H-pyrrole nitrogens is 1. The van der Waals surface area contributed by atoms with Crippen LogP contribution in [0.2, 0.25) is 0 Å². The van der Waals surface area contributed by atoms with Crippen molar-refractivity contribution in [1.29, 1.82) is 0 Å². The Bertz CT molecular complexity index is 991. The molecule has 0 aliphatic rings. The van der Waals surface area contributed by atoms with Crippen molar-refractivity contribution in [2.45, 2.75) is 25.8 Å². The van der Waals surface area contributed by atoms with Gasteiger partial charge in [-0.25, -0.2) is 0 Å². The van der Waals surface area contributed by atoms with Crippen LogP contribution >= 0.6 is 0 Å². The molecule has 27 heavy (non-hydrogen) atoms. The van der Waals surface area contributed by atoms with Gasteiger partial charge in [0.15, 0.2) is 0 Å². The maximum atomic E-state index is 12.4. The Morgan fingerprint density at radius 3 is 2.52 bits per heavy atom. The number of rotatable bonds is 6. The highest BCUT2D eigenvalue weighted by atomic mass is 16.4. The quantitative estimate of drug-likeness (QED) is 0.538. The summed E-state index contributed by atoms with van der Waals surface area (Å²) in [5.41, 5.74) is 10.1. The molecule has 140 valence electrons. The maximum absolute atomic E-state index is 12.4. The van der Waals surface area contributed by atoms with E-state index in [1.165, 1.54) is 5.56 Å². The van der Waals surface area contributed by atoms with Gasteiger partial charge in [-0.1, -0.05) is 50.2 Å². The molecular formula is C21H23N3O3. The second-order valence-electron chi connectivity index (χ2n) is 6.85. The van der Waals surface area contributed by atoms with Gasteiger partial charge in [-0.05, 0) is 34.7 Å². The Kier molecular flexibility index (Phi) is 5.28. The van der Waals surface area contributed by atoms with Crippen LogP contribution in [-0.2, 0) is 4.79 Å². The molecule has 1 amide bonds. The number of carboxylic acids is 1. The lowest BCUT2D eigenvalue weighted by Gasteiger charge is -2.13. The molecule has 1 aromatic heterocycles. The number of nitrogens with one attached hydrogen (secondary N) is 2. The number of nitrogens with two attached hydrogens (primary N) is 1. The minimum atomic E-state index is -1.15. The molecule has 1 atom stereocenters. The van der Waals surface area contributed by atoms with Crippen LogP contribution in [0.25, 0.3) is 22.0 Å². The van der Waals surface area contributed by atoms with E-state index >= 15 is 0 Å². The van der Waals surface area contributed by atoms with Gasteiger partial charge in [0.2, 0.25) is 0 Å². The van der Waals surface area contributed by atoms with Crippen molar-refractivity contribution in [3.63, 3.8) is 0 Å². The summed E-state index contributed by atoms with van der Waals surface area (Å²) in [6.07, 6.45) is 0. The summed E-state index contributed by atoms with van der Waals surface area (Å²) < 4.78 is 0. The second kappa shape index (κ2) is 7.63. The Labute approximate surface area is 157 Å². The number of carbonyl (C=O) groups excluding carboxylic acids is 1. The number of carboxylic acid groups (broad SMARTS) is 1. The van der Waals surface area contributed by atoms with Crippen LogP contribution in [0.3, 0.4) is 0 Å². The summed E-state index contributed by atoms with van der Waals surface area (Å²) >= 11 is 0. The normalized spacial score (nSPS) is 12.3. The zero-order valence-electron chi connectivity index (χ0n) is 15.3. The van der Waals surface area contributed by atoms with Crippen molar-refractivity contribution in [3.8, 4) is 11.1 Å². The average Bonchev–Trinajstić information content (AvgIpc) is 3.10. The lowest BCUT2D eigenvalue weighted by Crippen LogP contribution is -2.42. The fourth-order valence-electron chi connectivity index (χ4n) is 3.14. The Hall–Kier alpha value is -3.12. The lowest BCUT2D eigenvalue weighted by atomic mass is 9.91. The molecule has 3 rings (SSSR count). The van der Waals surface area contributed by atoms with E-state index in [1.807, 2.05) is 30.3 Å². The number of amides is 1. The molecule has 1 unspecified atom stereocenters. The van der Waals surface area contributed by atoms with Crippen molar-refractivity contribution in [3.05, 3.63) is 59.8 Å². The number of fused-ring (bicyclic) bond motifs is 1. The summed E-state index contributed by atoms with van der Waals surface area (Å²) in [6, 6.07) is 14.8. The zero-order chi connectivity index (χ0) is 19.6. The number of benzene rings is 2. The number of carbonyl (C=O) groups is 2. The van der Waals surface area contributed by atoms with E-state index in [0.717, 1.165) is 22.0 Å². The predicted octanol–water partition coefficient (Wildman–Crippen LogP) is 3.10. The van der Waals surface area contributed by atoms with Crippen molar-refractivity contribution in [1.82, 2.24) is 10.3 Å². The highest BCUT2D eigenvalue weighted by Crippen LogP contribution is 2.34. The monoisotopic (exact) mass is 365 g/mol. The number of aliphatic carboxylic acids is 1. The molecular weight excluding hydrogens is 342 g/mol. The van der Waals surface area contributed by atoms with E-state index in [1.54, 1.807) is 6.07 Å². The molecule has 1 heterocycles. The summed E-state index contributed by atoms with van der Waals surface area (Å²) in [6.45, 7) is 4.17. The van der Waals surface area contributed by atoms with Crippen LogP contribution in [-0.4, -0.2) is 34.6 Å². The van der Waals surface area contributed by atoms with Gasteiger partial charge >= 0.3 is 5.97 Å². The maximum Gasteiger partial charge on any atom is 0.322 e. The van der Waals surface area contributed by atoms with E-state index in [-0.39, 0.29) is 12.5 Å². The number of hydrogen-bond donors (Lipinski definition) is 4. The van der Waals surface area contributed by atoms with Crippen LogP contribution in [0.4, 0.5) is 0 Å². The van der Waals surface area contributed by atoms with Crippen LogP contribution in [0.1, 0.15) is 35.8 Å². The zero-order valence-corrected chi connectivity index (χ0v) is 15.3. The summed E-state index contributed by atoms with van der Waals surface area (Å²) in [5.74, 6) is -1.17. The highest BCUT2D eigenvalue weighted by Gasteiger charge is 2.17. The van der Waals surface area contributed by atoms with Crippen molar-refractivity contribution in [2.75, 3.05) is 6.54 Å². The van der Waals surface area contributed by atoms with Crippen LogP contribution in [0, 0.1) is 0 Å². The van der Waals surface area contributed by atoms with E-state index in [0.29, 0.717) is 11.6 Å². The van der Waals surface area contributed by atoms with Gasteiger partial charge in [-0.2, -0.15) is 0 Å². The van der Waals surface area contributed by atoms with Gasteiger partial charge in [0, 0.05) is 17.4 Å². The minimum absolute atomic E-state index is 0.132. The first-order chi connectivity index (χ1) is 12.9. The summed E-state index contributed by atoms with van der Waals surface area (Å²) in [7, 11) is 0. The Balaban J connectivity index is 1.97. The molecule has 0 radical (unpaired) electrons. The molecule has 0 aliphatic carbocycles. The predicted molar refractivity (Wildman–Crippen MR) is 106 cm³/mol. The van der Waals surface area contributed by atoms with Crippen LogP contribution in [0.15, 0.2) is 48.5 Å². The molecule has 6 heteroatoms. The number of aromatic amines is 1. The standard InChI is InChI=1S/C21H23N3O3/c1-12(2)13-6-3-4-7-14(13)15-8-5-9-18-16(15)10-19(24-18)20(25)23-11-17(22)21(26)27/h3-10,12,17,24H,11,22H2,1-2H3,(H,23,25)(H,26,27). The fourth-order valence-corrected chi connectivity index (χ4v) is 3.14. The third kappa shape index (κ3) is 3.85. The third-order valence-electron chi connectivity index (χ3n) is 4.58. The highest BCUT2D eigenvalue weighted by molar-refractivity contribution is 6.03. The van der Waals surface area contributed by atoms with E-state index in [9.17, 15) is 9.59 Å². The largest absolute Gasteiger partial charge is 0.480 e. The average molecular weight is 365 g/mol. The molecule has 0 bridgehead atoms. The third-order valence-corrected chi connectivity index (χ3v) is 4.58. The molecule has 0 saturated carbocycles. The number of hydrogen-bond acceptors (Lipinski definition) is 3. The second-order valence-corrected chi connectivity index (χ2v) is 6.85. The van der Waals surface area contributed by atoms with Gasteiger partial charge in [-0.15, -0.1) is 0 Å². The first-order valence-corrected chi connectivity index (χ1v) is 8.86. The van der Waals surface area contributed by atoms with E-state index in [2.05, 4.69) is 36.3 Å². The van der Waals surface area contributed by atoms with Gasteiger partial charge in [0.25, 0.3) is 5.91 Å². The first kappa shape index (κ1) is 18.7. The van der Waals surface area contributed by atoms with Gasteiger partial charge < -0.3 is 21.1 Å². The lowest BCUT2D eigenvalue weighted by molar-refractivity contribution is -0.138. The molecule has 5 N–H and O–H groups in total. The number of aromatic nitrogens is 1. The Morgan fingerprint density at radius 1 is 1.11 bits per heavy atom. The van der Waals surface area contributed by atoms with Crippen LogP contribution in [0.5, 0.6) is 0 Å². The van der Waals surface area contributed by atoms with E-state index in [4.69, 9.17) is 10.8 Å². The van der Waals surface area contributed by atoms with Crippen molar-refractivity contribution in [2.24, 2.45) is 5.73 Å². The molecule has 3 aromatic rings. The summed E-state index contributed by atoms with van der Waals surface area (Å²) in [4.78, 5) is 26.3. The first-order valence-electron chi connectivity index (χ1n) is 8.86. The van der Waals surface area contributed by atoms with Crippen molar-refractivity contribution >= 4 is 22.8 Å². The van der Waals surface area contributed by atoms with Crippen LogP contribution < -0.4 is 11.1 Å². The molecule has 0 fully saturated rings. The topological polar surface area (TPSA) is 108 Å². The smallest absolute Gasteiger partial charge is 0.322 e. The van der Waals surface area contributed by atoms with Gasteiger partial charge in [0.1, 0.15) is 11.7 Å². The molecule has 2 aromatic carbocycles. The molecule has 0 saturated heterocycles. The Morgan fingerprint density at radius 2 is 1.81 bits per heavy atom. The summed E-state index contributed by atoms with van der Waals surface area (Å²) in [5, 5.41) is 12.3. The minimum Gasteiger partial charge on any atom is -0.480 e. The van der Waals surface area contributed by atoms with E-state index < -0.39 is 12.0 Å². The fraction of sp³-hybridized carbons (Fsp3) is 0.238. The van der Waals surface area contributed by atoms with Crippen molar-refractivity contribution < 1.29 is 14.7 Å². The molecule has 6 nitrogen and oxygen atoms in total. The van der Waals surface area contributed by atoms with Gasteiger partial charge in [-0.3, -0.25) is 9.59 Å². The molecule has 0 aliphatic heterocycles. The van der Waals surface area contributed by atoms with Gasteiger partial charge in [0.05, 0.1) is 0 Å².